The molecule has 0 saturated carbocycles. The lowest BCUT2D eigenvalue weighted by Crippen LogP contribution is -2.31. The maximum Gasteiger partial charge on any atom is 0.264 e. The fourth-order valence-electron chi connectivity index (χ4n) is 2.01. The summed E-state index contributed by atoms with van der Waals surface area (Å²) in [6.07, 6.45) is 0. The van der Waals surface area contributed by atoms with Gasteiger partial charge in [0.15, 0.2) is 18.1 Å². The molecule has 1 amide bonds. The monoisotopic (exact) mass is 303 g/mol. The van der Waals surface area contributed by atoms with Gasteiger partial charge in [0.05, 0.1) is 0 Å². The van der Waals surface area contributed by atoms with E-state index in [0.717, 1.165) is 0 Å². The minimum atomic E-state index is -0.351. The lowest BCUT2D eigenvalue weighted by Gasteiger charge is -2.18. The highest BCUT2D eigenvalue weighted by Gasteiger charge is 2.17. The number of amides is 1. The molecule has 2 aromatic rings. The first-order chi connectivity index (χ1) is 10.6. The van der Waals surface area contributed by atoms with Crippen molar-refractivity contribution in [2.24, 2.45) is 0 Å². The number of likely N-dealkylation sites (N-methyl/N-ethyl adjacent to an activating group) is 1. The summed E-state index contributed by atoms with van der Waals surface area (Å²) in [7, 11) is 1.65. The zero-order valence-corrected chi connectivity index (χ0v) is 11.9. The van der Waals surface area contributed by atoms with Gasteiger partial charge in [-0.05, 0) is 36.4 Å². The van der Waals surface area contributed by atoms with Crippen LogP contribution in [0.1, 0.15) is 0 Å². The van der Waals surface area contributed by atoms with E-state index in [1.54, 1.807) is 25.2 Å². The normalized spacial score (nSPS) is 12.1. The molecule has 114 valence electrons. The highest BCUT2D eigenvalue weighted by atomic mass is 19.1. The van der Waals surface area contributed by atoms with Gasteiger partial charge in [-0.2, -0.15) is 0 Å². The quantitative estimate of drug-likeness (QED) is 0.871. The molecule has 0 radical (unpaired) electrons. The molecule has 0 saturated heterocycles. The van der Waals surface area contributed by atoms with Crippen molar-refractivity contribution >= 4 is 11.6 Å². The molecular formula is C16H14FNO4. The summed E-state index contributed by atoms with van der Waals surface area (Å²) in [5.74, 6) is 1.12. The van der Waals surface area contributed by atoms with Gasteiger partial charge in [-0.25, -0.2) is 4.39 Å². The van der Waals surface area contributed by atoms with Crippen LogP contribution in [0, 0.1) is 5.82 Å². The van der Waals surface area contributed by atoms with Crippen molar-refractivity contribution < 1.29 is 23.4 Å². The average molecular weight is 303 g/mol. The first-order valence-corrected chi connectivity index (χ1v) is 6.68. The molecule has 0 bridgehead atoms. The Balaban J connectivity index is 1.63. The Morgan fingerprint density at radius 2 is 1.91 bits per heavy atom. The summed E-state index contributed by atoms with van der Waals surface area (Å²) in [6, 6.07) is 10.8. The third-order valence-corrected chi connectivity index (χ3v) is 3.29. The number of anilines is 1. The van der Waals surface area contributed by atoms with E-state index in [1.165, 1.54) is 29.2 Å². The Bertz CT molecular complexity index is 687. The van der Waals surface area contributed by atoms with Gasteiger partial charge in [-0.3, -0.25) is 4.79 Å². The molecule has 1 aliphatic heterocycles. The minimum Gasteiger partial charge on any atom is -0.484 e. The van der Waals surface area contributed by atoms with Crippen LogP contribution in [0.25, 0.3) is 0 Å². The molecule has 0 atom stereocenters. The van der Waals surface area contributed by atoms with E-state index < -0.39 is 0 Å². The van der Waals surface area contributed by atoms with Crippen LogP contribution in [-0.2, 0) is 4.79 Å². The van der Waals surface area contributed by atoms with Gasteiger partial charge in [0.1, 0.15) is 11.6 Å². The molecule has 0 fully saturated rings. The van der Waals surface area contributed by atoms with Crippen LogP contribution in [0.4, 0.5) is 10.1 Å². The smallest absolute Gasteiger partial charge is 0.264 e. The van der Waals surface area contributed by atoms with Crippen molar-refractivity contribution in [1.29, 1.82) is 0 Å². The molecule has 0 N–H and O–H groups in total. The molecule has 22 heavy (non-hydrogen) atoms. The summed E-state index contributed by atoms with van der Waals surface area (Å²) in [5.41, 5.74) is 0.678. The molecule has 3 rings (SSSR count). The number of nitrogens with zero attached hydrogens (tertiary/aromatic N) is 1. The molecule has 0 unspecified atom stereocenters. The zero-order chi connectivity index (χ0) is 15.5. The number of hydrogen-bond acceptors (Lipinski definition) is 4. The molecule has 1 heterocycles. The van der Waals surface area contributed by atoms with Gasteiger partial charge in [-0.15, -0.1) is 0 Å². The third kappa shape index (κ3) is 2.95. The van der Waals surface area contributed by atoms with Crippen molar-refractivity contribution in [3.05, 3.63) is 48.3 Å². The standard InChI is InChI=1S/C16H14FNO4/c1-18(12-4-7-14-15(8-12)22-10-21-14)16(19)9-20-13-5-2-11(17)3-6-13/h2-8H,9-10H2,1H3. The van der Waals surface area contributed by atoms with Crippen LogP contribution in [0.5, 0.6) is 17.2 Å². The van der Waals surface area contributed by atoms with E-state index in [-0.39, 0.29) is 25.1 Å². The van der Waals surface area contributed by atoms with Crippen LogP contribution in [0.2, 0.25) is 0 Å². The molecule has 6 heteroatoms. The summed E-state index contributed by atoms with van der Waals surface area (Å²) < 4.78 is 28.6. The number of halogens is 1. The molecule has 5 nitrogen and oxygen atoms in total. The van der Waals surface area contributed by atoms with Gasteiger partial charge < -0.3 is 19.1 Å². The van der Waals surface area contributed by atoms with Crippen molar-refractivity contribution in [3.8, 4) is 17.2 Å². The fourth-order valence-corrected chi connectivity index (χ4v) is 2.01. The summed E-state index contributed by atoms with van der Waals surface area (Å²) in [4.78, 5) is 13.6. The van der Waals surface area contributed by atoms with Gasteiger partial charge in [0.2, 0.25) is 6.79 Å². The summed E-state index contributed by atoms with van der Waals surface area (Å²) >= 11 is 0. The van der Waals surface area contributed by atoms with E-state index in [9.17, 15) is 9.18 Å². The number of ether oxygens (including phenoxy) is 3. The molecule has 0 spiro atoms. The van der Waals surface area contributed by atoms with Crippen LogP contribution in [0.3, 0.4) is 0 Å². The first-order valence-electron chi connectivity index (χ1n) is 6.68. The fraction of sp³-hybridized carbons (Fsp3) is 0.188. The number of hydrogen-bond donors (Lipinski definition) is 0. The number of rotatable bonds is 4. The largest absolute Gasteiger partial charge is 0.484 e. The number of carbonyl (C=O) groups excluding carboxylic acids is 1. The first kappa shape index (κ1) is 14.2. The second-order valence-corrected chi connectivity index (χ2v) is 4.73. The lowest BCUT2D eigenvalue weighted by atomic mass is 10.2. The van der Waals surface area contributed by atoms with Gasteiger partial charge in [-0.1, -0.05) is 0 Å². The van der Waals surface area contributed by atoms with Crippen molar-refractivity contribution in [3.63, 3.8) is 0 Å². The van der Waals surface area contributed by atoms with Crippen LogP contribution in [0.15, 0.2) is 42.5 Å². The molecule has 0 aliphatic carbocycles. The summed E-state index contributed by atoms with van der Waals surface area (Å²) in [6.45, 7) is 0.0424. The highest BCUT2D eigenvalue weighted by molar-refractivity contribution is 5.94. The van der Waals surface area contributed by atoms with Crippen molar-refractivity contribution in [2.75, 3.05) is 25.3 Å². The lowest BCUT2D eigenvalue weighted by molar-refractivity contribution is -0.120. The number of benzene rings is 2. The second-order valence-electron chi connectivity index (χ2n) is 4.73. The number of carbonyl (C=O) groups is 1. The van der Waals surface area contributed by atoms with Crippen molar-refractivity contribution in [1.82, 2.24) is 0 Å². The number of fused-ring (bicyclic) bond motifs is 1. The maximum absolute atomic E-state index is 12.8. The molecular weight excluding hydrogens is 289 g/mol. The highest BCUT2D eigenvalue weighted by Crippen LogP contribution is 2.35. The van der Waals surface area contributed by atoms with Crippen LogP contribution < -0.4 is 19.1 Å². The zero-order valence-electron chi connectivity index (χ0n) is 11.9. The van der Waals surface area contributed by atoms with Crippen LogP contribution >= 0.6 is 0 Å². The van der Waals surface area contributed by atoms with E-state index in [4.69, 9.17) is 14.2 Å². The molecule has 0 aromatic heterocycles. The summed E-state index contributed by atoms with van der Waals surface area (Å²) in [5, 5.41) is 0. The predicted octanol–water partition coefficient (Wildman–Crippen LogP) is 2.60. The second kappa shape index (κ2) is 5.93. The predicted molar refractivity (Wildman–Crippen MR) is 77.9 cm³/mol. The Morgan fingerprint density at radius 1 is 1.18 bits per heavy atom. The van der Waals surface area contributed by atoms with E-state index in [0.29, 0.717) is 22.9 Å². The van der Waals surface area contributed by atoms with E-state index in [2.05, 4.69) is 0 Å². The van der Waals surface area contributed by atoms with Gasteiger partial charge in [0, 0.05) is 18.8 Å². The molecule has 2 aromatic carbocycles. The van der Waals surface area contributed by atoms with Crippen molar-refractivity contribution in [2.45, 2.75) is 0 Å². The Hall–Kier alpha value is -2.76. The Kier molecular flexibility index (Phi) is 3.82. The Labute approximate surface area is 126 Å². The molecule has 1 aliphatic rings. The van der Waals surface area contributed by atoms with Gasteiger partial charge in [0.25, 0.3) is 5.91 Å². The third-order valence-electron chi connectivity index (χ3n) is 3.29. The maximum atomic E-state index is 12.8. The van der Waals surface area contributed by atoms with Gasteiger partial charge >= 0.3 is 0 Å². The topological polar surface area (TPSA) is 48.0 Å². The SMILES string of the molecule is CN(C(=O)COc1ccc(F)cc1)c1ccc2c(c1)OCO2. The average Bonchev–Trinajstić information content (AvgIpc) is 3.00. The minimum absolute atomic E-state index is 0.142. The van der Waals surface area contributed by atoms with E-state index >= 15 is 0 Å². The van der Waals surface area contributed by atoms with E-state index in [1.807, 2.05) is 0 Å². The Morgan fingerprint density at radius 3 is 2.68 bits per heavy atom. The van der Waals surface area contributed by atoms with Crippen LogP contribution in [-0.4, -0.2) is 26.4 Å².